The molecule has 1 unspecified atom stereocenters. The van der Waals surface area contributed by atoms with Crippen molar-refractivity contribution >= 4 is 12.1 Å². The molecule has 0 spiro atoms. The number of hydrogen-bond acceptors (Lipinski definition) is 3. The first-order valence-electron chi connectivity index (χ1n) is 8.26. The molecule has 2 aromatic rings. The lowest BCUT2D eigenvalue weighted by Crippen LogP contribution is -2.43. The number of benzene rings is 2. The largest absolute Gasteiger partial charge is 0.307 e. The van der Waals surface area contributed by atoms with Crippen LogP contribution < -0.4 is 0 Å². The molecule has 3 nitrogen and oxygen atoms in total. The third-order valence-corrected chi connectivity index (χ3v) is 4.76. The monoisotopic (exact) mass is 323 g/mol. The Morgan fingerprint density at radius 1 is 1.00 bits per heavy atom. The normalized spacial score (nSPS) is 12.8. The van der Waals surface area contributed by atoms with Crippen LogP contribution in [0, 0.1) is 0 Å². The first kappa shape index (κ1) is 18.1. The Labute approximate surface area is 144 Å². The Morgan fingerprint density at radius 2 is 1.46 bits per heavy atom. The maximum Gasteiger partial charge on any atom is 0.154 e. The molecule has 3 heteroatoms. The molecule has 0 aromatic heterocycles. The smallest absolute Gasteiger partial charge is 0.154 e. The number of carbonyl (C=O) groups is 2. The molecule has 0 aliphatic carbocycles. The van der Waals surface area contributed by atoms with Gasteiger partial charge in [0, 0.05) is 6.04 Å². The summed E-state index contributed by atoms with van der Waals surface area (Å²) in [6.07, 6.45) is 1.26. The number of hydrogen-bond donors (Lipinski definition) is 0. The van der Waals surface area contributed by atoms with Crippen molar-refractivity contribution in [3.8, 4) is 0 Å². The predicted molar refractivity (Wildman–Crippen MR) is 97.1 cm³/mol. The first-order chi connectivity index (χ1) is 11.5. The summed E-state index contributed by atoms with van der Waals surface area (Å²) in [5, 5.41) is 0. The van der Waals surface area contributed by atoms with E-state index in [1.807, 2.05) is 74.8 Å². The van der Waals surface area contributed by atoms with Crippen molar-refractivity contribution in [1.29, 1.82) is 0 Å². The summed E-state index contributed by atoms with van der Waals surface area (Å²) < 4.78 is 0. The number of aldehydes is 1. The molecule has 0 heterocycles. The maximum atomic E-state index is 13.2. The Bertz CT molecular complexity index is 625. The fourth-order valence-electron chi connectivity index (χ4n) is 3.16. The van der Waals surface area contributed by atoms with Gasteiger partial charge in [0.2, 0.25) is 0 Å². The van der Waals surface area contributed by atoms with Gasteiger partial charge in [0.05, 0.1) is 11.8 Å². The van der Waals surface area contributed by atoms with Crippen LogP contribution in [-0.2, 0) is 15.0 Å². The van der Waals surface area contributed by atoms with E-state index in [-0.39, 0.29) is 18.2 Å². The highest BCUT2D eigenvalue weighted by Gasteiger charge is 2.42. The van der Waals surface area contributed by atoms with Gasteiger partial charge < -0.3 is 9.69 Å². The number of ketones is 1. The lowest BCUT2D eigenvalue weighted by molar-refractivity contribution is -0.126. The standard InChI is InChI=1S/C21H25NO2/c1-17(22(2)3)16-21(20(24)14-15-23,18-10-6-4-7-11-18)19-12-8-5-9-13-19/h4-13,15,17H,14,16H2,1-3H3. The van der Waals surface area contributed by atoms with E-state index in [2.05, 4.69) is 11.8 Å². The Hall–Kier alpha value is -2.26. The molecule has 0 saturated heterocycles. The maximum absolute atomic E-state index is 13.2. The average molecular weight is 323 g/mol. The van der Waals surface area contributed by atoms with E-state index in [1.54, 1.807) is 0 Å². The molecule has 0 fully saturated rings. The summed E-state index contributed by atoms with van der Waals surface area (Å²) in [5.74, 6) is -0.0522. The minimum absolute atomic E-state index is 0.0522. The molecule has 2 rings (SSSR count). The average Bonchev–Trinajstić information content (AvgIpc) is 2.61. The number of nitrogens with zero attached hydrogens (tertiary/aromatic N) is 1. The zero-order chi connectivity index (χ0) is 17.6. The van der Waals surface area contributed by atoms with E-state index >= 15 is 0 Å². The zero-order valence-corrected chi connectivity index (χ0v) is 14.6. The Balaban J connectivity index is 2.68. The zero-order valence-electron chi connectivity index (χ0n) is 14.6. The van der Waals surface area contributed by atoms with Gasteiger partial charge >= 0.3 is 0 Å². The van der Waals surface area contributed by atoms with E-state index in [0.717, 1.165) is 11.1 Å². The molecule has 2 aromatic carbocycles. The second-order valence-corrected chi connectivity index (χ2v) is 6.45. The number of Topliss-reactive ketones (excluding diaryl/α,β-unsaturated/α-hetero) is 1. The van der Waals surface area contributed by atoms with Crippen LogP contribution in [0.25, 0.3) is 0 Å². The topological polar surface area (TPSA) is 37.4 Å². The lowest BCUT2D eigenvalue weighted by atomic mass is 9.67. The van der Waals surface area contributed by atoms with Gasteiger partial charge in [-0.25, -0.2) is 0 Å². The van der Waals surface area contributed by atoms with Gasteiger partial charge in [-0.1, -0.05) is 60.7 Å². The van der Waals surface area contributed by atoms with E-state index in [0.29, 0.717) is 12.7 Å². The van der Waals surface area contributed by atoms with Gasteiger partial charge in [-0.2, -0.15) is 0 Å². The molecular weight excluding hydrogens is 298 g/mol. The van der Waals surface area contributed by atoms with Crippen LogP contribution in [0.4, 0.5) is 0 Å². The summed E-state index contributed by atoms with van der Waals surface area (Å²) in [4.78, 5) is 26.4. The van der Waals surface area contributed by atoms with Crippen LogP contribution in [0.1, 0.15) is 30.9 Å². The molecule has 0 radical (unpaired) electrons. The van der Waals surface area contributed by atoms with Gasteiger partial charge in [-0.05, 0) is 38.6 Å². The third-order valence-electron chi connectivity index (χ3n) is 4.76. The van der Waals surface area contributed by atoms with Crippen molar-refractivity contribution in [2.45, 2.75) is 31.2 Å². The van der Waals surface area contributed by atoms with Crippen LogP contribution in [0.5, 0.6) is 0 Å². The molecule has 0 bridgehead atoms. The molecule has 0 saturated carbocycles. The molecule has 0 aliphatic rings. The molecule has 0 N–H and O–H groups in total. The Kier molecular flexibility index (Phi) is 6.04. The predicted octanol–water partition coefficient (Wildman–Crippen LogP) is 3.47. The quantitative estimate of drug-likeness (QED) is 0.551. The minimum Gasteiger partial charge on any atom is -0.307 e. The van der Waals surface area contributed by atoms with Crippen LogP contribution in [0.15, 0.2) is 60.7 Å². The highest BCUT2D eigenvalue weighted by Crippen LogP contribution is 2.39. The fourth-order valence-corrected chi connectivity index (χ4v) is 3.16. The SMILES string of the molecule is CC(CC(C(=O)CC=O)(c1ccccc1)c1ccccc1)N(C)C. The summed E-state index contributed by atoms with van der Waals surface area (Å²) in [5.41, 5.74) is 1.07. The molecular formula is C21H25NO2. The van der Waals surface area contributed by atoms with Crippen molar-refractivity contribution in [2.24, 2.45) is 0 Å². The summed E-state index contributed by atoms with van der Waals surface area (Å²) in [6.45, 7) is 2.11. The lowest BCUT2D eigenvalue weighted by Gasteiger charge is -2.37. The van der Waals surface area contributed by atoms with Crippen LogP contribution in [0.3, 0.4) is 0 Å². The van der Waals surface area contributed by atoms with E-state index in [4.69, 9.17) is 0 Å². The van der Waals surface area contributed by atoms with E-state index in [1.165, 1.54) is 0 Å². The second-order valence-electron chi connectivity index (χ2n) is 6.45. The highest BCUT2D eigenvalue weighted by molar-refractivity contribution is 6.00. The minimum atomic E-state index is -0.812. The van der Waals surface area contributed by atoms with Crippen molar-refractivity contribution in [1.82, 2.24) is 4.90 Å². The fraction of sp³-hybridized carbons (Fsp3) is 0.333. The van der Waals surface area contributed by atoms with Crippen LogP contribution in [0.2, 0.25) is 0 Å². The van der Waals surface area contributed by atoms with Gasteiger partial charge in [0.15, 0.2) is 5.78 Å². The number of carbonyl (C=O) groups excluding carboxylic acids is 2. The van der Waals surface area contributed by atoms with Gasteiger partial charge in [-0.15, -0.1) is 0 Å². The van der Waals surface area contributed by atoms with Gasteiger partial charge in [-0.3, -0.25) is 4.79 Å². The van der Waals surface area contributed by atoms with Gasteiger partial charge in [0.25, 0.3) is 0 Å². The number of rotatable bonds is 8. The first-order valence-corrected chi connectivity index (χ1v) is 8.26. The van der Waals surface area contributed by atoms with Crippen molar-refractivity contribution < 1.29 is 9.59 Å². The summed E-state index contributed by atoms with van der Waals surface area (Å²) in [7, 11) is 4.02. The van der Waals surface area contributed by atoms with Crippen molar-refractivity contribution in [2.75, 3.05) is 14.1 Å². The molecule has 126 valence electrons. The van der Waals surface area contributed by atoms with E-state index < -0.39 is 5.41 Å². The summed E-state index contributed by atoms with van der Waals surface area (Å²) >= 11 is 0. The van der Waals surface area contributed by atoms with Crippen LogP contribution in [-0.4, -0.2) is 37.1 Å². The molecule has 1 atom stereocenters. The van der Waals surface area contributed by atoms with Crippen molar-refractivity contribution in [3.63, 3.8) is 0 Å². The molecule has 0 amide bonds. The van der Waals surface area contributed by atoms with Gasteiger partial charge in [0.1, 0.15) is 6.29 Å². The second kappa shape index (κ2) is 8.02. The summed E-state index contributed by atoms with van der Waals surface area (Å²) in [6, 6.07) is 19.8. The Morgan fingerprint density at radius 3 is 1.83 bits per heavy atom. The molecule has 0 aliphatic heterocycles. The van der Waals surface area contributed by atoms with E-state index in [9.17, 15) is 9.59 Å². The van der Waals surface area contributed by atoms with Crippen LogP contribution >= 0.6 is 0 Å². The highest BCUT2D eigenvalue weighted by atomic mass is 16.1. The molecule has 24 heavy (non-hydrogen) atoms. The van der Waals surface area contributed by atoms with Crippen molar-refractivity contribution in [3.05, 3.63) is 71.8 Å². The third kappa shape index (κ3) is 3.62.